The summed E-state index contributed by atoms with van der Waals surface area (Å²) in [4.78, 5) is 14.3. The van der Waals surface area contributed by atoms with Gasteiger partial charge in [0.05, 0.1) is 0 Å². The van der Waals surface area contributed by atoms with Crippen molar-refractivity contribution in [2.75, 3.05) is 12.4 Å². The molecule has 1 atom stereocenters. The molecule has 1 saturated heterocycles. The van der Waals surface area contributed by atoms with Crippen LogP contribution in [0.15, 0.2) is 16.5 Å². The standard InChI is InChI=1S/C14H20ClNO2/c1-2-12-7-8-13(18-12)14(17)16-10-4-6-11(16)5-3-9-15/h7-8,11H,2-6,9-10H2,1H3. The number of likely N-dealkylation sites (tertiary alicyclic amines) is 1. The molecule has 0 radical (unpaired) electrons. The lowest BCUT2D eigenvalue weighted by Gasteiger charge is -2.23. The monoisotopic (exact) mass is 269 g/mol. The molecule has 3 nitrogen and oxygen atoms in total. The molecule has 1 amide bonds. The first-order valence-corrected chi connectivity index (χ1v) is 7.25. The Morgan fingerprint density at radius 3 is 3.06 bits per heavy atom. The molecule has 1 aromatic rings. The number of rotatable bonds is 5. The number of hydrogen-bond donors (Lipinski definition) is 0. The Hall–Kier alpha value is -0.960. The van der Waals surface area contributed by atoms with Crippen LogP contribution in [-0.4, -0.2) is 29.3 Å². The maximum Gasteiger partial charge on any atom is 0.289 e. The average Bonchev–Trinajstić information content (AvgIpc) is 3.04. The number of halogens is 1. The van der Waals surface area contributed by atoms with Gasteiger partial charge in [0.15, 0.2) is 5.76 Å². The highest BCUT2D eigenvalue weighted by atomic mass is 35.5. The number of aryl methyl sites for hydroxylation is 1. The summed E-state index contributed by atoms with van der Waals surface area (Å²) in [5, 5.41) is 0. The van der Waals surface area contributed by atoms with Crippen LogP contribution in [0.4, 0.5) is 0 Å². The molecular formula is C14H20ClNO2. The largest absolute Gasteiger partial charge is 0.456 e. The summed E-state index contributed by atoms with van der Waals surface area (Å²) in [6, 6.07) is 4.02. The number of amides is 1. The quantitative estimate of drug-likeness (QED) is 0.767. The van der Waals surface area contributed by atoms with E-state index in [0.29, 0.717) is 17.7 Å². The molecule has 4 heteroatoms. The Bertz CT molecular complexity index is 402. The van der Waals surface area contributed by atoms with E-state index in [0.717, 1.165) is 44.4 Å². The minimum atomic E-state index is 0.0340. The third kappa shape index (κ3) is 2.89. The van der Waals surface area contributed by atoms with Crippen molar-refractivity contribution in [3.8, 4) is 0 Å². The molecule has 1 aromatic heterocycles. The van der Waals surface area contributed by atoms with Crippen molar-refractivity contribution < 1.29 is 9.21 Å². The van der Waals surface area contributed by atoms with Crippen LogP contribution in [-0.2, 0) is 6.42 Å². The summed E-state index contributed by atoms with van der Waals surface area (Å²) in [6.45, 7) is 2.86. The van der Waals surface area contributed by atoms with Crippen LogP contribution in [0.2, 0.25) is 0 Å². The van der Waals surface area contributed by atoms with Crippen LogP contribution < -0.4 is 0 Å². The van der Waals surface area contributed by atoms with Crippen molar-refractivity contribution in [3.05, 3.63) is 23.7 Å². The molecule has 0 aromatic carbocycles. The van der Waals surface area contributed by atoms with Crippen molar-refractivity contribution in [2.24, 2.45) is 0 Å². The Balaban J connectivity index is 2.02. The van der Waals surface area contributed by atoms with Gasteiger partial charge in [-0.05, 0) is 37.8 Å². The van der Waals surface area contributed by atoms with E-state index >= 15 is 0 Å². The second-order valence-corrected chi connectivity index (χ2v) is 5.12. The van der Waals surface area contributed by atoms with Gasteiger partial charge in [0.1, 0.15) is 5.76 Å². The molecule has 18 heavy (non-hydrogen) atoms. The van der Waals surface area contributed by atoms with Gasteiger partial charge < -0.3 is 9.32 Å². The maximum atomic E-state index is 12.3. The summed E-state index contributed by atoms with van der Waals surface area (Å²) >= 11 is 5.72. The summed E-state index contributed by atoms with van der Waals surface area (Å²) in [7, 11) is 0. The molecule has 2 rings (SSSR count). The lowest BCUT2D eigenvalue weighted by Crippen LogP contribution is -2.35. The van der Waals surface area contributed by atoms with Crippen molar-refractivity contribution in [3.63, 3.8) is 0 Å². The van der Waals surface area contributed by atoms with Gasteiger partial charge in [0, 0.05) is 24.9 Å². The van der Waals surface area contributed by atoms with E-state index in [1.54, 1.807) is 6.07 Å². The second-order valence-electron chi connectivity index (χ2n) is 4.75. The number of nitrogens with zero attached hydrogens (tertiary/aromatic N) is 1. The average molecular weight is 270 g/mol. The van der Waals surface area contributed by atoms with E-state index < -0.39 is 0 Å². The first-order valence-electron chi connectivity index (χ1n) is 6.72. The fraction of sp³-hybridized carbons (Fsp3) is 0.643. The zero-order valence-corrected chi connectivity index (χ0v) is 11.6. The Morgan fingerprint density at radius 1 is 1.56 bits per heavy atom. The van der Waals surface area contributed by atoms with Crippen molar-refractivity contribution in [1.29, 1.82) is 0 Å². The lowest BCUT2D eigenvalue weighted by atomic mass is 10.1. The minimum absolute atomic E-state index is 0.0340. The van der Waals surface area contributed by atoms with Gasteiger partial charge in [0.2, 0.25) is 0 Å². The van der Waals surface area contributed by atoms with Crippen LogP contribution in [0.3, 0.4) is 0 Å². The third-order valence-corrected chi connectivity index (χ3v) is 3.80. The van der Waals surface area contributed by atoms with E-state index in [1.807, 2.05) is 17.9 Å². The third-order valence-electron chi connectivity index (χ3n) is 3.53. The molecule has 0 N–H and O–H groups in total. The number of furan rings is 1. The van der Waals surface area contributed by atoms with Gasteiger partial charge in [-0.2, -0.15) is 0 Å². The van der Waals surface area contributed by atoms with E-state index in [1.165, 1.54) is 0 Å². The maximum absolute atomic E-state index is 12.3. The smallest absolute Gasteiger partial charge is 0.289 e. The molecule has 0 saturated carbocycles. The molecule has 1 aliphatic rings. The predicted molar refractivity (Wildman–Crippen MR) is 72.1 cm³/mol. The summed E-state index contributed by atoms with van der Waals surface area (Å²) in [5.74, 6) is 2.05. The fourth-order valence-electron chi connectivity index (χ4n) is 2.54. The van der Waals surface area contributed by atoms with Crippen molar-refractivity contribution in [2.45, 2.75) is 45.1 Å². The highest BCUT2D eigenvalue weighted by Gasteiger charge is 2.30. The highest BCUT2D eigenvalue weighted by Crippen LogP contribution is 2.24. The van der Waals surface area contributed by atoms with E-state index in [9.17, 15) is 4.79 Å². The molecule has 100 valence electrons. The Labute approximate surface area is 113 Å². The lowest BCUT2D eigenvalue weighted by molar-refractivity contribution is 0.0696. The van der Waals surface area contributed by atoms with Gasteiger partial charge in [-0.1, -0.05) is 6.92 Å². The van der Waals surface area contributed by atoms with Crippen LogP contribution in [0.5, 0.6) is 0 Å². The van der Waals surface area contributed by atoms with Gasteiger partial charge in [-0.25, -0.2) is 0 Å². The topological polar surface area (TPSA) is 33.5 Å². The van der Waals surface area contributed by atoms with E-state index in [2.05, 4.69) is 0 Å². The van der Waals surface area contributed by atoms with E-state index in [-0.39, 0.29) is 5.91 Å². The number of carbonyl (C=O) groups excluding carboxylic acids is 1. The SMILES string of the molecule is CCc1ccc(C(=O)N2CCCC2CCCCl)o1. The molecule has 2 heterocycles. The van der Waals surface area contributed by atoms with Crippen molar-refractivity contribution in [1.82, 2.24) is 4.90 Å². The summed E-state index contributed by atoms with van der Waals surface area (Å²) in [6.07, 6.45) is 4.96. The van der Waals surface area contributed by atoms with Crippen LogP contribution >= 0.6 is 11.6 Å². The molecule has 1 unspecified atom stereocenters. The Morgan fingerprint density at radius 2 is 2.39 bits per heavy atom. The normalized spacial score (nSPS) is 19.4. The van der Waals surface area contributed by atoms with Gasteiger partial charge in [-0.3, -0.25) is 4.79 Å². The number of alkyl halides is 1. The summed E-state index contributed by atoms with van der Waals surface area (Å²) < 4.78 is 5.54. The zero-order valence-electron chi connectivity index (χ0n) is 10.8. The molecule has 1 aliphatic heterocycles. The van der Waals surface area contributed by atoms with Crippen LogP contribution in [0, 0.1) is 0 Å². The minimum Gasteiger partial charge on any atom is -0.456 e. The molecular weight excluding hydrogens is 250 g/mol. The van der Waals surface area contributed by atoms with E-state index in [4.69, 9.17) is 16.0 Å². The van der Waals surface area contributed by atoms with Crippen LogP contribution in [0.25, 0.3) is 0 Å². The van der Waals surface area contributed by atoms with Crippen LogP contribution in [0.1, 0.15) is 48.9 Å². The van der Waals surface area contributed by atoms with Crippen molar-refractivity contribution >= 4 is 17.5 Å². The zero-order chi connectivity index (χ0) is 13.0. The highest BCUT2D eigenvalue weighted by molar-refractivity contribution is 6.17. The molecule has 1 fully saturated rings. The summed E-state index contributed by atoms with van der Waals surface area (Å²) in [5.41, 5.74) is 0. The first-order chi connectivity index (χ1) is 8.76. The second kappa shape index (κ2) is 6.28. The number of carbonyl (C=O) groups is 1. The number of hydrogen-bond acceptors (Lipinski definition) is 2. The fourth-order valence-corrected chi connectivity index (χ4v) is 2.69. The molecule has 0 bridgehead atoms. The predicted octanol–water partition coefficient (Wildman–Crippen LogP) is 3.47. The van der Waals surface area contributed by atoms with Gasteiger partial charge in [0.25, 0.3) is 5.91 Å². The first kappa shape index (κ1) is 13.5. The molecule has 0 aliphatic carbocycles. The molecule has 0 spiro atoms. The van der Waals surface area contributed by atoms with Gasteiger partial charge in [-0.15, -0.1) is 11.6 Å². The van der Waals surface area contributed by atoms with Gasteiger partial charge >= 0.3 is 0 Å². The Kier molecular flexibility index (Phi) is 4.70.